The molecule has 1 amide bonds. The van der Waals surface area contributed by atoms with E-state index in [9.17, 15) is 14.4 Å². The lowest BCUT2D eigenvalue weighted by Crippen LogP contribution is -2.21. The fraction of sp³-hybridized carbons (Fsp3) is 0.222. The number of benzene rings is 1. The van der Waals surface area contributed by atoms with Gasteiger partial charge in [-0.3, -0.25) is 4.79 Å². The number of nitrogens with one attached hydrogen (secondary N) is 1. The minimum Gasteiger partial charge on any atom is -0.481 e. The van der Waals surface area contributed by atoms with Gasteiger partial charge in [0.05, 0.1) is 25.3 Å². The molecule has 1 aromatic heterocycles. The number of carbonyl (C=O) groups excluding carboxylic acids is 3. The number of aryl methyl sites for hydroxylation is 1. The Kier molecular flexibility index (Phi) is 6.26. The Hall–Kier alpha value is -3.42. The zero-order valence-corrected chi connectivity index (χ0v) is 14.6. The number of hydrogen-bond acceptors (Lipinski definition) is 7. The van der Waals surface area contributed by atoms with E-state index in [2.05, 4.69) is 15.0 Å². The van der Waals surface area contributed by atoms with Crippen molar-refractivity contribution in [2.45, 2.75) is 6.92 Å². The largest absolute Gasteiger partial charge is 0.481 e. The SMILES string of the molecule is COC(=O)c1ccc(C)c(NC(=O)COC(=O)c2ccc(OC)nc2)c1. The number of methoxy groups -OCH3 is 2. The molecule has 8 heteroatoms. The van der Waals surface area contributed by atoms with Crippen molar-refractivity contribution >= 4 is 23.5 Å². The highest BCUT2D eigenvalue weighted by molar-refractivity contribution is 5.97. The molecule has 1 aromatic carbocycles. The summed E-state index contributed by atoms with van der Waals surface area (Å²) in [6.45, 7) is 1.29. The monoisotopic (exact) mass is 358 g/mol. The highest BCUT2D eigenvalue weighted by atomic mass is 16.5. The highest BCUT2D eigenvalue weighted by Crippen LogP contribution is 2.17. The molecule has 0 aliphatic rings. The third-order valence-corrected chi connectivity index (χ3v) is 3.45. The molecule has 136 valence electrons. The topological polar surface area (TPSA) is 104 Å². The van der Waals surface area contributed by atoms with Gasteiger partial charge in [-0.1, -0.05) is 6.07 Å². The van der Waals surface area contributed by atoms with Gasteiger partial charge < -0.3 is 19.5 Å². The fourth-order valence-corrected chi connectivity index (χ4v) is 2.02. The summed E-state index contributed by atoms with van der Waals surface area (Å²) in [5.74, 6) is -1.38. The maximum Gasteiger partial charge on any atom is 0.340 e. The van der Waals surface area contributed by atoms with Crippen LogP contribution in [0.5, 0.6) is 5.88 Å². The Bertz CT molecular complexity index is 817. The predicted octanol–water partition coefficient (Wildman–Crippen LogP) is 1.98. The van der Waals surface area contributed by atoms with Gasteiger partial charge in [-0.15, -0.1) is 0 Å². The Morgan fingerprint density at radius 1 is 1.04 bits per heavy atom. The van der Waals surface area contributed by atoms with Crippen molar-refractivity contribution < 1.29 is 28.6 Å². The highest BCUT2D eigenvalue weighted by Gasteiger charge is 2.13. The molecule has 0 saturated carbocycles. The number of aromatic nitrogens is 1. The lowest BCUT2D eigenvalue weighted by Gasteiger charge is -2.10. The molecule has 0 aliphatic carbocycles. The van der Waals surface area contributed by atoms with Crippen LogP contribution in [0, 0.1) is 6.92 Å². The second-order valence-electron chi connectivity index (χ2n) is 5.23. The number of pyridine rings is 1. The average molecular weight is 358 g/mol. The number of nitrogens with zero attached hydrogens (tertiary/aromatic N) is 1. The Labute approximate surface area is 150 Å². The summed E-state index contributed by atoms with van der Waals surface area (Å²) in [6, 6.07) is 7.76. The van der Waals surface area contributed by atoms with Crippen LogP contribution in [0.2, 0.25) is 0 Å². The minimum atomic E-state index is -0.685. The van der Waals surface area contributed by atoms with Gasteiger partial charge in [0, 0.05) is 18.0 Å². The first-order valence-corrected chi connectivity index (χ1v) is 7.60. The predicted molar refractivity (Wildman–Crippen MR) is 92.2 cm³/mol. The van der Waals surface area contributed by atoms with Gasteiger partial charge in [0.15, 0.2) is 6.61 Å². The van der Waals surface area contributed by atoms with Gasteiger partial charge in [-0.25, -0.2) is 14.6 Å². The van der Waals surface area contributed by atoms with Crippen molar-refractivity contribution in [1.82, 2.24) is 4.98 Å². The first kappa shape index (κ1) is 18.9. The Morgan fingerprint density at radius 2 is 1.77 bits per heavy atom. The van der Waals surface area contributed by atoms with Gasteiger partial charge in [0.2, 0.25) is 5.88 Å². The number of rotatable bonds is 6. The normalized spacial score (nSPS) is 9.96. The van der Waals surface area contributed by atoms with Crippen LogP contribution in [0.25, 0.3) is 0 Å². The standard InChI is InChI=1S/C18H18N2O6/c1-11-4-5-12(17(22)25-3)8-14(11)20-15(21)10-26-18(23)13-6-7-16(24-2)19-9-13/h4-9H,10H2,1-3H3,(H,20,21). The van der Waals surface area contributed by atoms with Gasteiger partial charge in [-0.2, -0.15) is 0 Å². The van der Waals surface area contributed by atoms with Gasteiger partial charge in [-0.05, 0) is 30.7 Å². The van der Waals surface area contributed by atoms with Crippen LogP contribution in [-0.4, -0.2) is 43.7 Å². The molecule has 0 bridgehead atoms. The lowest BCUT2D eigenvalue weighted by atomic mass is 10.1. The molecular weight excluding hydrogens is 340 g/mol. The summed E-state index contributed by atoms with van der Waals surface area (Å²) < 4.78 is 14.5. The van der Waals surface area contributed by atoms with Crippen LogP contribution in [0.15, 0.2) is 36.5 Å². The molecule has 1 N–H and O–H groups in total. The van der Waals surface area contributed by atoms with Gasteiger partial charge in [0.1, 0.15) is 0 Å². The van der Waals surface area contributed by atoms with Crippen molar-refractivity contribution in [2.75, 3.05) is 26.1 Å². The number of anilines is 1. The first-order chi connectivity index (χ1) is 12.4. The molecule has 2 rings (SSSR count). The number of amides is 1. The van der Waals surface area contributed by atoms with E-state index in [1.807, 2.05) is 0 Å². The van der Waals surface area contributed by atoms with Crippen molar-refractivity contribution in [1.29, 1.82) is 0 Å². The zero-order valence-electron chi connectivity index (χ0n) is 14.6. The molecule has 0 saturated heterocycles. The van der Waals surface area contributed by atoms with Gasteiger partial charge >= 0.3 is 11.9 Å². The van der Waals surface area contributed by atoms with Gasteiger partial charge in [0.25, 0.3) is 5.91 Å². The van der Waals surface area contributed by atoms with E-state index >= 15 is 0 Å². The molecule has 8 nitrogen and oxygen atoms in total. The molecule has 0 aliphatic heterocycles. The molecular formula is C18H18N2O6. The van der Waals surface area contributed by atoms with E-state index < -0.39 is 24.5 Å². The number of carbonyl (C=O) groups is 3. The van der Waals surface area contributed by atoms with E-state index in [1.165, 1.54) is 38.6 Å². The Balaban J connectivity index is 1.96. The van der Waals surface area contributed by atoms with Crippen molar-refractivity contribution in [3.63, 3.8) is 0 Å². The molecule has 0 spiro atoms. The smallest absolute Gasteiger partial charge is 0.340 e. The van der Waals surface area contributed by atoms with E-state index in [-0.39, 0.29) is 5.56 Å². The summed E-state index contributed by atoms with van der Waals surface area (Å²) in [5, 5.41) is 2.60. The molecule has 0 fully saturated rings. The lowest BCUT2D eigenvalue weighted by molar-refractivity contribution is -0.119. The van der Waals surface area contributed by atoms with Crippen LogP contribution >= 0.6 is 0 Å². The maximum atomic E-state index is 12.0. The average Bonchev–Trinajstić information content (AvgIpc) is 2.67. The third kappa shape index (κ3) is 4.79. The fourth-order valence-electron chi connectivity index (χ4n) is 2.02. The molecule has 0 unspecified atom stereocenters. The molecule has 0 atom stereocenters. The molecule has 1 heterocycles. The molecule has 26 heavy (non-hydrogen) atoms. The summed E-state index contributed by atoms with van der Waals surface area (Å²) in [6.07, 6.45) is 1.29. The van der Waals surface area contributed by atoms with E-state index in [1.54, 1.807) is 19.1 Å². The minimum absolute atomic E-state index is 0.197. The summed E-state index contributed by atoms with van der Waals surface area (Å²) in [4.78, 5) is 39.4. The van der Waals surface area contributed by atoms with E-state index in [0.29, 0.717) is 17.1 Å². The van der Waals surface area contributed by atoms with Crippen LogP contribution in [0.1, 0.15) is 26.3 Å². The van der Waals surface area contributed by atoms with Crippen LogP contribution in [0.3, 0.4) is 0 Å². The number of hydrogen-bond donors (Lipinski definition) is 1. The van der Waals surface area contributed by atoms with Crippen LogP contribution in [-0.2, 0) is 14.3 Å². The van der Waals surface area contributed by atoms with Crippen molar-refractivity contribution in [2.24, 2.45) is 0 Å². The summed E-state index contributed by atoms with van der Waals surface area (Å²) in [7, 11) is 2.73. The Morgan fingerprint density at radius 3 is 2.38 bits per heavy atom. The quantitative estimate of drug-likeness (QED) is 0.787. The van der Waals surface area contributed by atoms with Crippen LogP contribution < -0.4 is 10.1 Å². The molecule has 2 aromatic rings. The first-order valence-electron chi connectivity index (χ1n) is 7.60. The zero-order chi connectivity index (χ0) is 19.1. The number of ether oxygens (including phenoxy) is 3. The summed E-state index contributed by atoms with van der Waals surface area (Å²) in [5.41, 5.74) is 1.67. The van der Waals surface area contributed by atoms with Crippen LogP contribution in [0.4, 0.5) is 5.69 Å². The summed E-state index contributed by atoms with van der Waals surface area (Å²) >= 11 is 0. The second kappa shape index (κ2) is 8.61. The van der Waals surface area contributed by atoms with E-state index in [0.717, 1.165) is 5.56 Å². The van der Waals surface area contributed by atoms with Crippen molar-refractivity contribution in [3.05, 3.63) is 53.2 Å². The number of esters is 2. The third-order valence-electron chi connectivity index (χ3n) is 3.45. The van der Waals surface area contributed by atoms with Crippen molar-refractivity contribution in [3.8, 4) is 5.88 Å². The maximum absolute atomic E-state index is 12.0. The molecule has 0 radical (unpaired) electrons. The van der Waals surface area contributed by atoms with E-state index in [4.69, 9.17) is 9.47 Å². The second-order valence-corrected chi connectivity index (χ2v) is 5.23.